The van der Waals surface area contributed by atoms with Crippen molar-refractivity contribution in [1.29, 1.82) is 1.34 Å². The van der Waals surface area contributed by atoms with Crippen LogP contribution in [0.1, 0.15) is 89.4 Å². The second kappa shape index (κ2) is 59.8. The van der Waals surface area contributed by atoms with E-state index in [9.17, 15) is 105 Å². The number of para-hydroxylation sites is 4. The number of benzene rings is 4. The second-order valence-electron chi connectivity index (χ2n) is 29.1. The van der Waals surface area contributed by atoms with Crippen LogP contribution in [0.4, 0.5) is 8.78 Å². The Bertz CT molecular complexity index is 6120. The summed E-state index contributed by atoms with van der Waals surface area (Å²) >= 11 is 17.5. The molecule has 48 nitrogen and oxygen atoms in total. The zero-order valence-electron chi connectivity index (χ0n) is 76.4. The normalized spacial score (nSPS) is 21.9. The van der Waals surface area contributed by atoms with Crippen LogP contribution in [0.25, 0.3) is 12.2 Å². The molecule has 14 N–H and O–H groups in total. The Kier molecular flexibility index (Phi) is 52.2. The molecule has 3 radical (unpaired) electrons. The van der Waals surface area contributed by atoms with Crippen molar-refractivity contribution in [1.82, 2.24) is 58.6 Å². The van der Waals surface area contributed by atoms with E-state index in [1.807, 2.05) is 0 Å². The molecule has 4 aromatic heterocycles. The first-order chi connectivity index (χ1) is 66.2. The molecule has 61 heteroatoms. The summed E-state index contributed by atoms with van der Waals surface area (Å²) in [5, 5.41) is 67.5. The van der Waals surface area contributed by atoms with Gasteiger partial charge in [0.25, 0.3) is 22.2 Å². The van der Waals surface area contributed by atoms with Crippen molar-refractivity contribution in [3.05, 3.63) is 262 Å². The van der Waals surface area contributed by atoms with E-state index in [4.69, 9.17) is 80.1 Å². The first kappa shape index (κ1) is 123. The number of halogens is 6. The summed E-state index contributed by atoms with van der Waals surface area (Å²) in [6.07, 6.45) is -4.21. The second-order valence-corrected chi connectivity index (χ2v) is 39.0. The van der Waals surface area contributed by atoms with Gasteiger partial charge in [0.2, 0.25) is 11.6 Å². The van der Waals surface area contributed by atoms with Crippen LogP contribution in [0, 0.1) is 42.7 Å². The van der Waals surface area contributed by atoms with Crippen LogP contribution in [-0.2, 0) is 103 Å². The molecule has 141 heavy (non-hydrogen) atoms. The molecular formula is C80H99BBr2Cl2F2N12O36P4UV. The predicted molar refractivity (Wildman–Crippen MR) is 501 cm³/mol. The van der Waals surface area contributed by atoms with Gasteiger partial charge < -0.3 is 86.6 Å². The minimum atomic E-state index is -4.18. The van der Waals surface area contributed by atoms with Gasteiger partial charge >= 0.3 is 75.9 Å². The van der Waals surface area contributed by atoms with Gasteiger partial charge in [-0.2, -0.15) is 19.0 Å². The molecule has 0 bridgehead atoms. The van der Waals surface area contributed by atoms with Crippen LogP contribution < -0.4 is 83.4 Å². The molecule has 8 heterocycles. The molecule has 0 aliphatic carbocycles. The van der Waals surface area contributed by atoms with Gasteiger partial charge in [0.15, 0.2) is 0 Å². The maximum atomic E-state index is 13.6. The van der Waals surface area contributed by atoms with Crippen LogP contribution in [0.2, 0.25) is 0 Å². The van der Waals surface area contributed by atoms with E-state index in [0.717, 1.165) is 27.0 Å². The van der Waals surface area contributed by atoms with Gasteiger partial charge in [-0.05, 0) is 99.7 Å². The molecule has 4 aromatic carbocycles. The number of hydrogen-bond donors (Lipinski definition) is 14. The topological polar surface area (TPSA) is 655 Å². The zero-order chi connectivity index (χ0) is 104. The third-order valence-corrected chi connectivity index (χ3v) is 26.1. The summed E-state index contributed by atoms with van der Waals surface area (Å²) in [5.41, 5.74) is -5.98. The van der Waals surface area contributed by atoms with E-state index in [1.54, 1.807) is 119 Å². The fraction of sp³-hybridized carbons (Fsp3) is 0.400. The minimum Gasteiger partial charge on any atom is -0.468 e. The first-order valence-corrected chi connectivity index (χ1v) is 50.5. The number of nitrogens with one attached hydrogen (secondary N) is 8. The number of H-pyrrole nitrogens is 4. The first-order valence-electron chi connectivity index (χ1n) is 41.1. The van der Waals surface area contributed by atoms with E-state index in [0.29, 0.717) is 17.7 Å². The number of aliphatic hydroxyl groups excluding tert-OH is 6. The third-order valence-electron chi connectivity index (χ3n) is 19.0. The van der Waals surface area contributed by atoms with Crippen molar-refractivity contribution < 1.29 is 192 Å². The van der Waals surface area contributed by atoms with Crippen molar-refractivity contribution in [2.24, 2.45) is 0 Å². The maximum Gasteiger partial charge on any atom is 0.459 e. The average Bonchev–Trinajstić information content (AvgIpc) is 1.61. The van der Waals surface area contributed by atoms with Crippen molar-refractivity contribution in [2.45, 2.75) is 151 Å². The number of methoxy groups -OCH3 is 4. The van der Waals surface area contributed by atoms with Crippen molar-refractivity contribution in [3.63, 3.8) is 0 Å². The Labute approximate surface area is 864 Å². The standard InChI is InChI=1S/C21H25BrN3O9P.C19H23FN3O9P.C11H13BrN2O5.2C10H13ClNO4P.C9H11FN2O5.BH.U.V/c1-13(20(28)31-2)24-35(30,34-15-6-4-3-5-7-15)32-12-17-16(26)10-18(33-17)25-11-14(8-9-22)19(27)23-21(25)29;1-11(18(26)29-2)22-33(28,32-12-6-4-3-5-7-12)30-10-15-14(24)8-16(31-15)23-9-13(20)17(25)21-19(23)27;12-2-1-6-4-14(11(18)13-10(6)17)9-3-7(16)8(5-15)19-9;2*1-8(10(13)15-2)12-17(11,14)16-9-6-4-3-5-7-9;10-4-2-12(9(16)11-8(4)15)7-1-5(14)6(3-13)17-7;;;/h3-9,11,13,16-18,26H,10,12H2,1-2H3,(H,24,30)(H,23,27,29);3-7,9,11,14-16,24H,8,10H2,1-2H3,(H,22,28)(H,21,25,27);1-2,4,7-9,15-16H,3,5H2,(H,13,17,18);2*3-8H,1-2H3,(H,12,14);2,5-7,13-14H,1,3H2,(H,11,15,16);1H;;/b9-8+;;2-1+;;;;;;/t13?,16?,17-,18-,35?;11?,14?,15-,16-,33?;7-,8?,9?;;;5-,6?,7?;;;/m110..0.../s1/i;;;;;;1D;;. The summed E-state index contributed by atoms with van der Waals surface area (Å²) in [5.74, 6) is -3.73. The van der Waals surface area contributed by atoms with Crippen LogP contribution >= 0.6 is 83.6 Å². The fourth-order valence-electron chi connectivity index (χ4n) is 12.2. The van der Waals surface area contributed by atoms with Gasteiger partial charge in [0.05, 0.1) is 103 Å². The Morgan fingerprint density at radius 2 is 0.674 bits per heavy atom. The Hall–Kier alpha value is -8.46. The smallest absolute Gasteiger partial charge is 0.459 e. The molecule has 4 aliphatic rings. The SMILES string of the molecule is COC(=O)C(C)NP(=O)(Cl)Oc1ccccc1.COC(=O)C(C)NP(=O)(Cl)Oc1ccccc1.COC(=O)C(C)NP(=O)(OC[C@H]1O[C@@H](n2cc(/C=C/Br)c(=O)[nH]c2=O)CC1O)Oc1ccccc1.COC(=O)C(C)NP(=O)(OC[C@H]1O[C@@H](n2cc(F)c(=O)[nH]c2=O)CC1O)Oc1ccccc1.O=c1[nH]c(=O)n(C2C[C@H](O)C(CO)O2)cc1/C=C/Br.O=c1[nH]c(=O)n(C2C[C@H](O)C(CO)O2)cc1F.[2H][B].[U].[V]. The average molecular weight is 2500 g/mol. The van der Waals surface area contributed by atoms with Gasteiger partial charge in [-0.25, -0.2) is 47.6 Å². The van der Waals surface area contributed by atoms with Gasteiger partial charge in [-0.3, -0.25) is 85.6 Å². The largest absolute Gasteiger partial charge is 0.468 e. The number of aromatic nitrogens is 8. The summed E-state index contributed by atoms with van der Waals surface area (Å²) in [4.78, 5) is 150. The number of carbonyl (C=O) groups is 4. The number of rotatable bonds is 34. The Morgan fingerprint density at radius 1 is 0.440 bits per heavy atom. The summed E-state index contributed by atoms with van der Waals surface area (Å²) in [7, 11) is 0.247. The Balaban J connectivity index is 0.000000363. The maximum absolute atomic E-state index is 13.6. The predicted octanol–water partition coefficient (Wildman–Crippen LogP) is 4.92. The number of aromatic amines is 4. The molecule has 769 valence electrons. The van der Waals surface area contributed by atoms with Crippen LogP contribution in [0.3, 0.4) is 0 Å². The molecule has 4 fully saturated rings. The number of ether oxygens (including phenoxy) is 8. The molecule has 12 rings (SSSR count). The molecule has 0 spiro atoms. The van der Waals surface area contributed by atoms with E-state index < -0.39 is 227 Å². The van der Waals surface area contributed by atoms with Crippen LogP contribution in [-0.4, -0.2) is 230 Å². The molecule has 20 atom stereocenters. The molecular weight excluding hydrogens is 2400 g/mol. The summed E-state index contributed by atoms with van der Waals surface area (Å²) in [6.45, 7) is -3.05. The number of carbonyl (C=O) groups excluding carboxylic acids is 4. The molecule has 14 unspecified atom stereocenters. The van der Waals surface area contributed by atoms with Gasteiger partial charge in [-0.1, -0.05) is 105 Å². The summed E-state index contributed by atoms with van der Waals surface area (Å²) < 4.78 is 158. The van der Waals surface area contributed by atoms with Crippen LogP contribution in [0.5, 0.6) is 23.0 Å². The van der Waals surface area contributed by atoms with Crippen molar-refractivity contribution in [3.8, 4) is 23.0 Å². The molecule has 8 aromatic rings. The van der Waals surface area contributed by atoms with Gasteiger partial charge in [0.1, 0.15) is 96.5 Å². The molecule has 0 saturated carbocycles. The fourth-order valence-corrected chi connectivity index (χ4v) is 19.2. The third kappa shape index (κ3) is 39.1. The molecule has 0 amide bonds. The van der Waals surface area contributed by atoms with E-state index >= 15 is 0 Å². The van der Waals surface area contributed by atoms with E-state index in [-0.39, 0.29) is 105 Å². The number of nitrogens with zero attached hydrogens (tertiary/aromatic N) is 4. The Morgan fingerprint density at radius 3 is 0.922 bits per heavy atom. The number of aliphatic hydroxyl groups is 6. The quantitative estimate of drug-likeness (QED) is 0.0110. The minimum absolute atomic E-state index is 0. The summed E-state index contributed by atoms with van der Waals surface area (Å²) in [6, 6.07) is 29.4. The molecule has 4 saturated heterocycles. The van der Waals surface area contributed by atoms with Gasteiger partial charge in [0, 0.05) is 119 Å². The van der Waals surface area contributed by atoms with Gasteiger partial charge in [-0.15, -0.1) is 0 Å². The van der Waals surface area contributed by atoms with Crippen LogP contribution in [0.15, 0.2) is 194 Å². The number of hydrogen-bond acceptors (Lipinski definition) is 36. The van der Waals surface area contributed by atoms with Crippen molar-refractivity contribution in [2.75, 3.05) is 54.9 Å². The zero-order valence-corrected chi connectivity index (χ0v) is 89.2. The van der Waals surface area contributed by atoms with E-state index in [1.165, 1.54) is 100 Å². The van der Waals surface area contributed by atoms with Crippen molar-refractivity contribution >= 4 is 128 Å². The van der Waals surface area contributed by atoms with E-state index in [2.05, 4.69) is 89.5 Å². The molecule has 4 aliphatic heterocycles. The monoisotopic (exact) mass is 2490 g/mol. The number of esters is 4.